The van der Waals surface area contributed by atoms with Gasteiger partial charge in [-0.25, -0.2) is 4.68 Å². The molecule has 1 N–H and O–H groups in total. The zero-order chi connectivity index (χ0) is 14.8. The minimum absolute atomic E-state index is 0. The summed E-state index contributed by atoms with van der Waals surface area (Å²) in [5.41, 5.74) is 2.40. The number of amides is 1. The zero-order valence-electron chi connectivity index (χ0n) is 12.8. The predicted octanol–water partition coefficient (Wildman–Crippen LogP) is 2.04. The number of carbonyl (C=O) groups excluding carboxylic acids is 1. The predicted molar refractivity (Wildman–Crippen MR) is 88.9 cm³/mol. The fraction of sp³-hybridized carbons (Fsp3) is 0.375. The normalized spacial score (nSPS) is 17.1. The highest BCUT2D eigenvalue weighted by Gasteiger charge is 2.26. The van der Waals surface area contributed by atoms with Gasteiger partial charge in [0.25, 0.3) is 5.91 Å². The van der Waals surface area contributed by atoms with Gasteiger partial charge in [0, 0.05) is 25.8 Å². The number of carbonyl (C=O) groups is 1. The molecule has 1 aromatic carbocycles. The summed E-state index contributed by atoms with van der Waals surface area (Å²) in [7, 11) is 1.87. The minimum Gasteiger partial charge on any atom is -0.337 e. The van der Waals surface area contributed by atoms with E-state index in [0.29, 0.717) is 5.56 Å². The Morgan fingerprint density at radius 3 is 2.73 bits per heavy atom. The molecule has 22 heavy (non-hydrogen) atoms. The third-order valence-corrected chi connectivity index (χ3v) is 4.05. The van der Waals surface area contributed by atoms with E-state index < -0.39 is 0 Å². The Balaban J connectivity index is 0.00000176. The lowest BCUT2D eigenvalue weighted by atomic mass is 10.2. The van der Waals surface area contributed by atoms with E-state index in [1.807, 2.05) is 55.4 Å². The summed E-state index contributed by atoms with van der Waals surface area (Å²) in [6.45, 7) is 3.73. The fourth-order valence-corrected chi connectivity index (χ4v) is 2.71. The molecule has 1 unspecified atom stereocenters. The zero-order valence-corrected chi connectivity index (χ0v) is 13.6. The first kappa shape index (κ1) is 16.5. The summed E-state index contributed by atoms with van der Waals surface area (Å²) in [5.74, 6) is 0.0448. The Hall–Kier alpha value is -1.85. The number of halogens is 1. The van der Waals surface area contributed by atoms with Gasteiger partial charge in [0.1, 0.15) is 0 Å². The molecule has 1 atom stereocenters. The number of benzene rings is 1. The Morgan fingerprint density at radius 1 is 1.36 bits per heavy atom. The fourth-order valence-electron chi connectivity index (χ4n) is 2.71. The highest BCUT2D eigenvalue weighted by atomic mass is 35.5. The summed E-state index contributed by atoms with van der Waals surface area (Å²) >= 11 is 0. The number of hydrogen-bond acceptors (Lipinski definition) is 3. The van der Waals surface area contributed by atoms with Crippen LogP contribution in [0.15, 0.2) is 36.5 Å². The van der Waals surface area contributed by atoms with E-state index in [4.69, 9.17) is 0 Å². The van der Waals surface area contributed by atoms with E-state index in [1.54, 1.807) is 4.68 Å². The number of likely N-dealkylation sites (N-methyl/N-ethyl adjacent to an activating group) is 1. The maximum Gasteiger partial charge on any atom is 0.257 e. The number of nitrogens with one attached hydrogen (secondary N) is 1. The summed E-state index contributed by atoms with van der Waals surface area (Å²) in [4.78, 5) is 14.5. The summed E-state index contributed by atoms with van der Waals surface area (Å²) in [6.07, 6.45) is 2.83. The van der Waals surface area contributed by atoms with Crippen LogP contribution in [0.25, 0.3) is 5.69 Å². The van der Waals surface area contributed by atoms with Crippen molar-refractivity contribution in [1.82, 2.24) is 20.0 Å². The maximum absolute atomic E-state index is 12.6. The number of rotatable bonds is 3. The average Bonchev–Trinajstić information content (AvgIpc) is 3.16. The highest BCUT2D eigenvalue weighted by molar-refractivity contribution is 5.95. The van der Waals surface area contributed by atoms with E-state index in [0.717, 1.165) is 30.9 Å². The first-order valence-corrected chi connectivity index (χ1v) is 7.26. The van der Waals surface area contributed by atoms with Crippen LogP contribution in [0.1, 0.15) is 22.5 Å². The van der Waals surface area contributed by atoms with Gasteiger partial charge >= 0.3 is 0 Å². The smallest absolute Gasteiger partial charge is 0.257 e. The lowest BCUT2D eigenvalue weighted by Crippen LogP contribution is -2.38. The van der Waals surface area contributed by atoms with Gasteiger partial charge < -0.3 is 10.2 Å². The van der Waals surface area contributed by atoms with Gasteiger partial charge in [-0.15, -0.1) is 12.4 Å². The molecule has 5 nitrogen and oxygen atoms in total. The van der Waals surface area contributed by atoms with Crippen molar-refractivity contribution in [2.24, 2.45) is 0 Å². The third kappa shape index (κ3) is 3.15. The number of nitrogens with zero attached hydrogens (tertiary/aromatic N) is 3. The lowest BCUT2D eigenvalue weighted by molar-refractivity contribution is 0.0743. The summed E-state index contributed by atoms with van der Waals surface area (Å²) in [6, 6.07) is 10.1. The monoisotopic (exact) mass is 320 g/mol. The van der Waals surface area contributed by atoms with Crippen LogP contribution in [0.4, 0.5) is 0 Å². The molecule has 2 heterocycles. The van der Waals surface area contributed by atoms with Crippen LogP contribution in [0.3, 0.4) is 0 Å². The Bertz CT molecular complexity index is 635. The summed E-state index contributed by atoms with van der Waals surface area (Å²) < 4.78 is 1.77. The SMILES string of the molecule is Cc1nn(-c2ccccc2)cc1C(=O)N(C)C1CCNC1.Cl. The quantitative estimate of drug-likeness (QED) is 0.941. The van der Waals surface area contributed by atoms with Gasteiger partial charge in [-0.05, 0) is 32.0 Å². The van der Waals surface area contributed by atoms with Crippen LogP contribution in [-0.2, 0) is 0 Å². The standard InChI is InChI=1S/C16H20N4O.ClH/c1-12-15(16(21)19(2)14-8-9-17-10-14)11-20(18-12)13-6-4-3-5-7-13;/h3-7,11,14,17H,8-10H2,1-2H3;1H. The van der Waals surface area contributed by atoms with Crippen molar-refractivity contribution in [3.8, 4) is 5.69 Å². The molecular weight excluding hydrogens is 300 g/mol. The number of hydrogen-bond donors (Lipinski definition) is 1. The average molecular weight is 321 g/mol. The van der Waals surface area contributed by atoms with Gasteiger partial charge in [-0.2, -0.15) is 5.10 Å². The van der Waals surface area contributed by atoms with E-state index in [2.05, 4.69) is 10.4 Å². The second kappa shape index (κ2) is 6.94. The van der Waals surface area contributed by atoms with E-state index in [-0.39, 0.29) is 24.4 Å². The van der Waals surface area contributed by atoms with Crippen molar-refractivity contribution in [2.45, 2.75) is 19.4 Å². The molecule has 1 aliphatic rings. The number of aromatic nitrogens is 2. The number of aryl methyl sites for hydroxylation is 1. The molecule has 6 heteroatoms. The van der Waals surface area contributed by atoms with E-state index in [9.17, 15) is 4.79 Å². The molecule has 118 valence electrons. The van der Waals surface area contributed by atoms with Crippen molar-refractivity contribution in [3.63, 3.8) is 0 Å². The Kier molecular flexibility index (Phi) is 5.21. The Morgan fingerprint density at radius 2 is 2.09 bits per heavy atom. The minimum atomic E-state index is 0. The second-order valence-electron chi connectivity index (χ2n) is 5.47. The van der Waals surface area contributed by atoms with Gasteiger partial charge in [0.2, 0.25) is 0 Å². The molecule has 2 aromatic rings. The van der Waals surface area contributed by atoms with Crippen molar-refractivity contribution >= 4 is 18.3 Å². The molecule has 0 radical (unpaired) electrons. The molecule has 0 aliphatic carbocycles. The highest BCUT2D eigenvalue weighted by Crippen LogP contribution is 2.16. The van der Waals surface area contributed by atoms with Gasteiger partial charge in [0.05, 0.1) is 16.9 Å². The molecule has 1 aromatic heterocycles. The first-order valence-electron chi connectivity index (χ1n) is 7.26. The lowest BCUT2D eigenvalue weighted by Gasteiger charge is -2.23. The Labute approximate surface area is 136 Å². The molecule has 1 amide bonds. The van der Waals surface area contributed by atoms with E-state index >= 15 is 0 Å². The molecule has 0 spiro atoms. The molecule has 0 saturated carbocycles. The van der Waals surface area contributed by atoms with Crippen LogP contribution < -0.4 is 5.32 Å². The largest absolute Gasteiger partial charge is 0.337 e. The second-order valence-corrected chi connectivity index (χ2v) is 5.47. The molecule has 1 saturated heterocycles. The van der Waals surface area contributed by atoms with Crippen molar-refractivity contribution in [1.29, 1.82) is 0 Å². The molecule has 1 aliphatic heterocycles. The van der Waals surface area contributed by atoms with Crippen molar-refractivity contribution in [3.05, 3.63) is 47.8 Å². The molecular formula is C16H21ClN4O. The van der Waals surface area contributed by atoms with Gasteiger partial charge in [-0.1, -0.05) is 18.2 Å². The van der Waals surface area contributed by atoms with Crippen LogP contribution in [-0.4, -0.2) is 46.8 Å². The first-order chi connectivity index (χ1) is 10.2. The topological polar surface area (TPSA) is 50.2 Å². The summed E-state index contributed by atoms with van der Waals surface area (Å²) in [5, 5.41) is 7.76. The molecule has 1 fully saturated rings. The number of para-hydroxylation sites is 1. The van der Waals surface area contributed by atoms with Crippen LogP contribution in [0.5, 0.6) is 0 Å². The van der Waals surface area contributed by atoms with Crippen molar-refractivity contribution in [2.75, 3.05) is 20.1 Å². The third-order valence-electron chi connectivity index (χ3n) is 4.05. The maximum atomic E-state index is 12.6. The van der Waals surface area contributed by atoms with Gasteiger partial charge in [0.15, 0.2) is 0 Å². The van der Waals surface area contributed by atoms with E-state index in [1.165, 1.54) is 0 Å². The molecule has 3 rings (SSSR count). The van der Waals surface area contributed by atoms with Crippen LogP contribution in [0.2, 0.25) is 0 Å². The molecule has 0 bridgehead atoms. The van der Waals surface area contributed by atoms with Gasteiger partial charge in [-0.3, -0.25) is 4.79 Å². The van der Waals surface area contributed by atoms with Crippen molar-refractivity contribution < 1.29 is 4.79 Å². The van der Waals surface area contributed by atoms with Crippen LogP contribution in [0, 0.1) is 6.92 Å². The van der Waals surface area contributed by atoms with Crippen LogP contribution >= 0.6 is 12.4 Å².